The van der Waals surface area contributed by atoms with Gasteiger partial charge < -0.3 is 10.6 Å². The van der Waals surface area contributed by atoms with Crippen molar-refractivity contribution in [3.8, 4) is 0 Å². The van der Waals surface area contributed by atoms with Gasteiger partial charge in [0.05, 0.1) is 10.6 Å². The Bertz CT molecular complexity index is 1170. The van der Waals surface area contributed by atoms with Gasteiger partial charge in [-0.2, -0.15) is 4.31 Å². The Morgan fingerprint density at radius 1 is 1.03 bits per heavy atom. The molecule has 1 aromatic heterocycles. The van der Waals surface area contributed by atoms with Gasteiger partial charge in [0.2, 0.25) is 21.1 Å². The number of thioether (sulfide) groups is 1. The first-order chi connectivity index (χ1) is 15.4. The van der Waals surface area contributed by atoms with Crippen LogP contribution < -0.4 is 10.6 Å². The maximum atomic E-state index is 12.6. The number of nitrogens with one attached hydrogen (secondary N) is 2. The molecule has 1 amide bonds. The molecule has 0 bridgehead atoms. The molecule has 2 N–H and O–H groups in total. The van der Waals surface area contributed by atoms with E-state index in [1.807, 2.05) is 31.2 Å². The standard InChI is InChI=1S/C21H23N5O3S3/c1-15-4-6-17(7-5-15)23-20-24-25-21(31-20)30-14-19(27)22-16-8-10-18(11-9-16)32(28,29)26-12-2-3-13-26/h4-11H,2-3,12-14H2,1H3,(H,22,27)(H,23,24). The van der Waals surface area contributed by atoms with Gasteiger partial charge >= 0.3 is 0 Å². The summed E-state index contributed by atoms with van der Waals surface area (Å²) in [6, 6.07) is 14.3. The Hall–Kier alpha value is -2.47. The number of hydrogen-bond donors (Lipinski definition) is 2. The summed E-state index contributed by atoms with van der Waals surface area (Å²) in [6.07, 6.45) is 1.78. The summed E-state index contributed by atoms with van der Waals surface area (Å²) in [7, 11) is -3.46. The molecule has 1 aliphatic heterocycles. The SMILES string of the molecule is Cc1ccc(Nc2nnc(SCC(=O)Nc3ccc(S(=O)(=O)N4CCCC4)cc3)s2)cc1. The van der Waals surface area contributed by atoms with Gasteiger partial charge in [0.15, 0.2) is 4.34 Å². The summed E-state index contributed by atoms with van der Waals surface area (Å²) in [4.78, 5) is 12.5. The Morgan fingerprint density at radius 3 is 2.38 bits per heavy atom. The average molecular weight is 490 g/mol. The highest BCUT2D eigenvalue weighted by molar-refractivity contribution is 8.01. The molecule has 32 heavy (non-hydrogen) atoms. The van der Waals surface area contributed by atoms with Crippen molar-refractivity contribution in [1.82, 2.24) is 14.5 Å². The monoisotopic (exact) mass is 489 g/mol. The van der Waals surface area contributed by atoms with Crippen LogP contribution in [0.3, 0.4) is 0 Å². The summed E-state index contributed by atoms with van der Waals surface area (Å²) in [5, 5.41) is 14.8. The van der Waals surface area contributed by atoms with Crippen LogP contribution in [0.5, 0.6) is 0 Å². The van der Waals surface area contributed by atoms with Gasteiger partial charge in [-0.25, -0.2) is 8.42 Å². The minimum atomic E-state index is -3.46. The van der Waals surface area contributed by atoms with Crippen LogP contribution in [0.4, 0.5) is 16.5 Å². The zero-order chi connectivity index (χ0) is 22.6. The van der Waals surface area contributed by atoms with Crippen molar-refractivity contribution < 1.29 is 13.2 Å². The molecule has 168 valence electrons. The van der Waals surface area contributed by atoms with Crippen molar-refractivity contribution in [3.63, 3.8) is 0 Å². The lowest BCUT2D eigenvalue weighted by atomic mass is 10.2. The van der Waals surface area contributed by atoms with Crippen LogP contribution in [0.25, 0.3) is 0 Å². The first-order valence-electron chi connectivity index (χ1n) is 10.1. The number of aromatic nitrogens is 2. The normalized spacial score (nSPS) is 14.4. The average Bonchev–Trinajstić information content (AvgIpc) is 3.47. The molecule has 0 unspecified atom stereocenters. The van der Waals surface area contributed by atoms with E-state index in [0.29, 0.717) is 28.2 Å². The maximum absolute atomic E-state index is 12.6. The molecule has 0 radical (unpaired) electrons. The fraction of sp³-hybridized carbons (Fsp3) is 0.286. The summed E-state index contributed by atoms with van der Waals surface area (Å²) in [6.45, 7) is 3.15. The number of nitrogens with zero attached hydrogens (tertiary/aromatic N) is 3. The van der Waals surface area contributed by atoms with Crippen molar-refractivity contribution in [2.24, 2.45) is 0 Å². The lowest BCUT2D eigenvalue weighted by Crippen LogP contribution is -2.27. The van der Waals surface area contributed by atoms with Crippen molar-refractivity contribution in [2.75, 3.05) is 29.5 Å². The fourth-order valence-electron chi connectivity index (χ4n) is 3.19. The van der Waals surface area contributed by atoms with E-state index >= 15 is 0 Å². The molecule has 2 heterocycles. The predicted octanol–water partition coefficient (Wildman–Crippen LogP) is 4.11. The molecule has 0 saturated carbocycles. The topological polar surface area (TPSA) is 104 Å². The second-order valence-electron chi connectivity index (χ2n) is 7.34. The van der Waals surface area contributed by atoms with E-state index in [-0.39, 0.29) is 16.6 Å². The van der Waals surface area contributed by atoms with Gasteiger partial charge in [0.1, 0.15) is 0 Å². The summed E-state index contributed by atoms with van der Waals surface area (Å²) in [5.41, 5.74) is 2.66. The number of anilines is 3. The molecule has 3 aromatic rings. The molecule has 1 fully saturated rings. The largest absolute Gasteiger partial charge is 0.330 e. The van der Waals surface area contributed by atoms with Gasteiger partial charge in [-0.15, -0.1) is 10.2 Å². The van der Waals surface area contributed by atoms with E-state index in [2.05, 4.69) is 20.8 Å². The molecule has 0 atom stereocenters. The first-order valence-corrected chi connectivity index (χ1v) is 13.3. The van der Waals surface area contributed by atoms with Crippen LogP contribution in [0.2, 0.25) is 0 Å². The van der Waals surface area contributed by atoms with Gasteiger partial charge in [0, 0.05) is 24.5 Å². The Balaban J connectivity index is 1.28. The summed E-state index contributed by atoms with van der Waals surface area (Å²) >= 11 is 2.67. The van der Waals surface area contributed by atoms with Crippen LogP contribution in [-0.4, -0.2) is 47.7 Å². The lowest BCUT2D eigenvalue weighted by molar-refractivity contribution is -0.113. The zero-order valence-corrected chi connectivity index (χ0v) is 19.9. The molecule has 0 spiro atoms. The number of aryl methyl sites for hydroxylation is 1. The second kappa shape index (κ2) is 9.99. The summed E-state index contributed by atoms with van der Waals surface area (Å²) < 4.78 is 27.3. The Morgan fingerprint density at radius 2 is 1.69 bits per heavy atom. The quantitative estimate of drug-likeness (QED) is 0.459. The Labute approximate surface area is 195 Å². The summed E-state index contributed by atoms with van der Waals surface area (Å²) in [5.74, 6) is -0.0270. The van der Waals surface area contributed by atoms with Gasteiger partial charge in [-0.1, -0.05) is 40.8 Å². The number of benzene rings is 2. The first kappa shape index (κ1) is 22.7. The van der Waals surface area contributed by atoms with E-state index < -0.39 is 10.0 Å². The van der Waals surface area contributed by atoms with Crippen LogP contribution >= 0.6 is 23.1 Å². The van der Waals surface area contributed by atoms with Crippen molar-refractivity contribution in [1.29, 1.82) is 0 Å². The molecule has 11 heteroatoms. The highest BCUT2D eigenvalue weighted by Crippen LogP contribution is 2.28. The number of rotatable bonds is 8. The zero-order valence-electron chi connectivity index (χ0n) is 17.4. The molecule has 2 aromatic carbocycles. The highest BCUT2D eigenvalue weighted by atomic mass is 32.2. The fourth-order valence-corrected chi connectivity index (χ4v) is 6.28. The number of hydrogen-bond acceptors (Lipinski definition) is 8. The smallest absolute Gasteiger partial charge is 0.243 e. The number of carbonyl (C=O) groups is 1. The van der Waals surface area contributed by atoms with Crippen LogP contribution in [-0.2, 0) is 14.8 Å². The number of amides is 1. The van der Waals surface area contributed by atoms with E-state index in [9.17, 15) is 13.2 Å². The van der Waals surface area contributed by atoms with E-state index in [4.69, 9.17) is 0 Å². The minimum Gasteiger partial charge on any atom is -0.330 e. The van der Waals surface area contributed by atoms with Crippen molar-refractivity contribution in [3.05, 3.63) is 54.1 Å². The van der Waals surface area contributed by atoms with E-state index in [0.717, 1.165) is 18.5 Å². The van der Waals surface area contributed by atoms with Crippen LogP contribution in [0.1, 0.15) is 18.4 Å². The van der Waals surface area contributed by atoms with E-state index in [1.165, 1.54) is 45.1 Å². The van der Waals surface area contributed by atoms with Crippen LogP contribution in [0.15, 0.2) is 57.8 Å². The van der Waals surface area contributed by atoms with Gasteiger partial charge in [-0.05, 0) is 56.2 Å². The molecule has 0 aliphatic carbocycles. The van der Waals surface area contributed by atoms with E-state index in [1.54, 1.807) is 12.1 Å². The third-order valence-corrected chi connectivity index (χ3v) is 8.76. The third-order valence-electron chi connectivity index (χ3n) is 4.88. The van der Waals surface area contributed by atoms with Gasteiger partial charge in [-0.3, -0.25) is 4.79 Å². The lowest BCUT2D eigenvalue weighted by Gasteiger charge is -2.15. The third kappa shape index (κ3) is 5.66. The predicted molar refractivity (Wildman–Crippen MR) is 128 cm³/mol. The molecule has 4 rings (SSSR count). The minimum absolute atomic E-state index is 0.174. The highest BCUT2D eigenvalue weighted by Gasteiger charge is 2.26. The Kier molecular flexibility index (Phi) is 7.09. The molecular formula is C21H23N5O3S3. The van der Waals surface area contributed by atoms with Crippen LogP contribution in [0, 0.1) is 6.92 Å². The van der Waals surface area contributed by atoms with Gasteiger partial charge in [0.25, 0.3) is 0 Å². The van der Waals surface area contributed by atoms with Crippen molar-refractivity contribution >= 4 is 55.5 Å². The molecule has 1 saturated heterocycles. The van der Waals surface area contributed by atoms with Crippen molar-refractivity contribution in [2.45, 2.75) is 29.0 Å². The number of carbonyl (C=O) groups excluding carboxylic acids is 1. The molecule has 1 aliphatic rings. The maximum Gasteiger partial charge on any atom is 0.243 e. The molecular weight excluding hydrogens is 466 g/mol. The molecule has 8 nitrogen and oxygen atoms in total. The number of sulfonamides is 1. The second-order valence-corrected chi connectivity index (χ2v) is 11.5.